The second-order valence-corrected chi connectivity index (χ2v) is 5.22. The average molecular weight is 275 g/mol. The summed E-state index contributed by atoms with van der Waals surface area (Å²) in [5.74, 6) is 0.0429. The number of benzene rings is 1. The molecule has 1 aromatic carbocycles. The number of hydrogen-bond donors (Lipinski definition) is 1. The molecule has 3 atom stereocenters. The van der Waals surface area contributed by atoms with Crippen molar-refractivity contribution in [3.05, 3.63) is 29.8 Å². The molecule has 2 fully saturated rings. The van der Waals surface area contributed by atoms with Crippen molar-refractivity contribution < 1.29 is 19.4 Å². The van der Waals surface area contributed by atoms with Crippen LogP contribution in [0.4, 0.5) is 0 Å². The lowest BCUT2D eigenvalue weighted by molar-refractivity contribution is -0.143. The van der Waals surface area contributed by atoms with Gasteiger partial charge in [0.2, 0.25) is 11.8 Å². The lowest BCUT2D eigenvalue weighted by Crippen LogP contribution is -2.36. The number of carbonyl (C=O) groups is 2. The Balaban J connectivity index is 1.75. The van der Waals surface area contributed by atoms with Crippen LogP contribution in [0.5, 0.6) is 5.75 Å². The summed E-state index contributed by atoms with van der Waals surface area (Å²) in [4.78, 5) is 25.0. The van der Waals surface area contributed by atoms with Gasteiger partial charge in [-0.1, -0.05) is 18.2 Å². The van der Waals surface area contributed by atoms with E-state index in [-0.39, 0.29) is 30.2 Å². The number of imide groups is 1. The van der Waals surface area contributed by atoms with Crippen LogP contribution in [-0.2, 0) is 9.59 Å². The maximum atomic E-state index is 11.9. The minimum atomic E-state index is -0.914. The fourth-order valence-electron chi connectivity index (χ4n) is 2.74. The van der Waals surface area contributed by atoms with Crippen molar-refractivity contribution in [3.8, 4) is 5.75 Å². The number of likely N-dealkylation sites (tertiary alicyclic amines) is 1. The number of carbonyl (C=O) groups excluding carboxylic acids is 2. The highest BCUT2D eigenvalue weighted by atomic mass is 16.5. The number of ether oxygens (including phenoxy) is 1. The second-order valence-electron chi connectivity index (χ2n) is 5.22. The van der Waals surface area contributed by atoms with E-state index in [2.05, 4.69) is 0 Å². The predicted molar refractivity (Wildman–Crippen MR) is 70.9 cm³/mol. The molecule has 2 amide bonds. The molecule has 0 aromatic heterocycles. The van der Waals surface area contributed by atoms with E-state index in [1.165, 1.54) is 4.90 Å². The molecule has 1 aliphatic carbocycles. The van der Waals surface area contributed by atoms with Crippen molar-refractivity contribution in [2.45, 2.75) is 19.4 Å². The normalized spacial score (nSPS) is 25.6. The standard InChI is InChI=1S/C15H17NO4/c1-2-20-13-6-4-3-5-9(13)12(17)8-16-14(18)10-7-11(10)15(16)19/h3-6,10-12,17H,2,7-8H2,1H3. The number of hydrogen-bond acceptors (Lipinski definition) is 4. The minimum absolute atomic E-state index is 0.00868. The Labute approximate surface area is 117 Å². The van der Waals surface area contributed by atoms with E-state index >= 15 is 0 Å². The van der Waals surface area contributed by atoms with Gasteiger partial charge in [-0.05, 0) is 19.4 Å². The molecule has 20 heavy (non-hydrogen) atoms. The number of rotatable bonds is 5. The maximum absolute atomic E-state index is 11.9. The molecule has 1 saturated heterocycles. The van der Waals surface area contributed by atoms with Crippen LogP contribution in [0, 0.1) is 11.8 Å². The van der Waals surface area contributed by atoms with Gasteiger partial charge in [-0.15, -0.1) is 0 Å². The Morgan fingerprint density at radius 2 is 1.95 bits per heavy atom. The summed E-state index contributed by atoms with van der Waals surface area (Å²) in [5, 5.41) is 10.3. The molecule has 1 N–H and O–H groups in total. The quantitative estimate of drug-likeness (QED) is 0.818. The van der Waals surface area contributed by atoms with Gasteiger partial charge in [0.1, 0.15) is 11.9 Å². The Kier molecular flexibility index (Phi) is 3.22. The number of aliphatic hydroxyl groups excluding tert-OH is 1. The fourth-order valence-corrected chi connectivity index (χ4v) is 2.74. The number of piperidine rings is 1. The monoisotopic (exact) mass is 275 g/mol. The first kappa shape index (κ1) is 13.1. The Morgan fingerprint density at radius 1 is 1.30 bits per heavy atom. The number of aliphatic hydroxyl groups is 1. The number of β-amino-alcohol motifs (C(OH)–C–C–N with tert-alkyl or cyclic N) is 1. The number of para-hydroxylation sites is 1. The number of amides is 2. The third-order valence-corrected chi connectivity index (χ3v) is 3.89. The number of fused-ring (bicyclic) bond motifs is 1. The second kappa shape index (κ2) is 4.90. The van der Waals surface area contributed by atoms with Gasteiger partial charge >= 0.3 is 0 Å². The van der Waals surface area contributed by atoms with Crippen molar-refractivity contribution in [2.75, 3.05) is 13.2 Å². The van der Waals surface area contributed by atoms with Crippen LogP contribution in [0.25, 0.3) is 0 Å². The van der Waals surface area contributed by atoms with Gasteiger partial charge in [0.15, 0.2) is 0 Å². The first-order valence-electron chi connectivity index (χ1n) is 6.88. The van der Waals surface area contributed by atoms with Crippen LogP contribution >= 0.6 is 0 Å². The summed E-state index contributed by atoms with van der Waals surface area (Å²) in [6.07, 6.45) is -0.233. The largest absolute Gasteiger partial charge is 0.493 e. The molecule has 106 valence electrons. The van der Waals surface area contributed by atoms with E-state index in [1.807, 2.05) is 13.0 Å². The molecule has 1 aromatic rings. The van der Waals surface area contributed by atoms with Gasteiger partial charge in [0.05, 0.1) is 25.0 Å². The van der Waals surface area contributed by atoms with E-state index in [0.717, 1.165) is 0 Å². The zero-order chi connectivity index (χ0) is 14.3. The molecule has 0 bridgehead atoms. The molecule has 5 nitrogen and oxygen atoms in total. The molecule has 1 aliphatic heterocycles. The van der Waals surface area contributed by atoms with E-state index in [1.54, 1.807) is 18.2 Å². The van der Waals surface area contributed by atoms with Crippen LogP contribution in [0.2, 0.25) is 0 Å². The smallest absolute Gasteiger partial charge is 0.233 e. The van der Waals surface area contributed by atoms with Gasteiger partial charge in [0.25, 0.3) is 0 Å². The van der Waals surface area contributed by atoms with E-state index in [4.69, 9.17) is 4.74 Å². The summed E-state index contributed by atoms with van der Waals surface area (Å²) in [6, 6.07) is 7.14. The predicted octanol–water partition coefficient (Wildman–Crippen LogP) is 1.12. The van der Waals surface area contributed by atoms with Gasteiger partial charge in [-0.25, -0.2) is 0 Å². The molecule has 0 radical (unpaired) electrons. The molecule has 5 heteroatoms. The molecular weight excluding hydrogens is 258 g/mol. The number of nitrogens with zero attached hydrogens (tertiary/aromatic N) is 1. The van der Waals surface area contributed by atoms with Crippen LogP contribution in [-0.4, -0.2) is 35.0 Å². The summed E-state index contributed by atoms with van der Waals surface area (Å²) in [7, 11) is 0. The van der Waals surface area contributed by atoms with E-state index < -0.39 is 6.10 Å². The highest BCUT2D eigenvalue weighted by Gasteiger charge is 2.58. The topological polar surface area (TPSA) is 66.8 Å². The third-order valence-electron chi connectivity index (χ3n) is 3.89. The molecule has 2 aliphatic rings. The summed E-state index contributed by atoms with van der Waals surface area (Å²) in [6.45, 7) is 2.37. The van der Waals surface area contributed by atoms with E-state index in [9.17, 15) is 14.7 Å². The Bertz CT molecular complexity index is 537. The lowest BCUT2D eigenvalue weighted by Gasteiger charge is -2.22. The first-order valence-corrected chi connectivity index (χ1v) is 6.88. The fraction of sp³-hybridized carbons (Fsp3) is 0.467. The van der Waals surface area contributed by atoms with Crippen LogP contribution in [0.3, 0.4) is 0 Å². The van der Waals surface area contributed by atoms with Crippen molar-refractivity contribution in [3.63, 3.8) is 0 Å². The van der Waals surface area contributed by atoms with Crippen LogP contribution < -0.4 is 4.74 Å². The highest BCUT2D eigenvalue weighted by molar-refractivity contribution is 6.08. The molecule has 1 heterocycles. The SMILES string of the molecule is CCOc1ccccc1C(O)CN1C(=O)C2CC2C1=O. The molecule has 0 spiro atoms. The summed E-state index contributed by atoms with van der Waals surface area (Å²) >= 11 is 0. The van der Waals surface area contributed by atoms with Gasteiger partial charge in [0, 0.05) is 5.56 Å². The van der Waals surface area contributed by atoms with Gasteiger partial charge in [-0.2, -0.15) is 0 Å². The highest BCUT2D eigenvalue weighted by Crippen LogP contribution is 2.47. The van der Waals surface area contributed by atoms with Gasteiger partial charge < -0.3 is 9.84 Å². The van der Waals surface area contributed by atoms with Crippen molar-refractivity contribution in [2.24, 2.45) is 11.8 Å². The van der Waals surface area contributed by atoms with Gasteiger partial charge in [-0.3, -0.25) is 14.5 Å². The minimum Gasteiger partial charge on any atom is -0.493 e. The van der Waals surface area contributed by atoms with Crippen molar-refractivity contribution in [1.82, 2.24) is 4.90 Å². The summed E-state index contributed by atoms with van der Waals surface area (Å²) < 4.78 is 5.46. The summed E-state index contributed by atoms with van der Waals surface area (Å²) in [5.41, 5.74) is 0.607. The molecule has 3 rings (SSSR count). The Morgan fingerprint density at radius 3 is 2.60 bits per heavy atom. The first-order chi connectivity index (χ1) is 9.63. The molecular formula is C15H17NO4. The Hall–Kier alpha value is -1.88. The third kappa shape index (κ3) is 2.08. The van der Waals surface area contributed by atoms with E-state index in [0.29, 0.717) is 24.3 Å². The lowest BCUT2D eigenvalue weighted by atomic mass is 10.1. The van der Waals surface area contributed by atoms with Crippen molar-refractivity contribution >= 4 is 11.8 Å². The average Bonchev–Trinajstić information content (AvgIpc) is 3.20. The van der Waals surface area contributed by atoms with Crippen LogP contribution in [0.1, 0.15) is 25.0 Å². The van der Waals surface area contributed by atoms with Crippen LogP contribution in [0.15, 0.2) is 24.3 Å². The molecule has 1 saturated carbocycles. The van der Waals surface area contributed by atoms with Crippen molar-refractivity contribution in [1.29, 1.82) is 0 Å². The zero-order valence-corrected chi connectivity index (χ0v) is 11.3. The maximum Gasteiger partial charge on any atom is 0.233 e. The molecule has 3 unspecified atom stereocenters. The zero-order valence-electron chi connectivity index (χ0n) is 11.3.